The van der Waals surface area contributed by atoms with Gasteiger partial charge in [0, 0.05) is 24.3 Å². The Morgan fingerprint density at radius 2 is 1.62 bits per heavy atom. The maximum absolute atomic E-state index is 13.2. The van der Waals surface area contributed by atoms with E-state index in [1.165, 1.54) is 12.1 Å². The van der Waals surface area contributed by atoms with Crippen LogP contribution in [0.3, 0.4) is 0 Å². The topological polar surface area (TPSA) is 96.8 Å². The Kier molecular flexibility index (Phi) is 7.77. The van der Waals surface area contributed by atoms with Gasteiger partial charge in [-0.3, -0.25) is 0 Å². The lowest BCUT2D eigenvalue weighted by Crippen LogP contribution is -2.37. The van der Waals surface area contributed by atoms with Crippen LogP contribution in [0, 0.1) is 5.82 Å². The molecular formula is C27H26FN7O2. The molecule has 4 aromatic rings. The third-order valence-corrected chi connectivity index (χ3v) is 5.54. The summed E-state index contributed by atoms with van der Waals surface area (Å²) in [4.78, 5) is 15.7. The van der Waals surface area contributed by atoms with Crippen molar-refractivity contribution in [2.24, 2.45) is 5.10 Å². The standard InChI is InChI=1S/C27H26FN7O2/c28-22-12-10-20(11-13-22)19-37-24-9-5-4-6-21(24)18-29-34-26-31-25(30-23-7-2-1-3-8-23)32-27(33-26)35-14-16-36-17-15-35/h1-13,18H,14-17,19H2,(H2,30,31,32,33,34)/b29-18-. The van der Waals surface area contributed by atoms with E-state index in [0.29, 0.717) is 56.5 Å². The second kappa shape index (κ2) is 11.9. The van der Waals surface area contributed by atoms with Crippen molar-refractivity contribution in [1.82, 2.24) is 15.0 Å². The first kappa shape index (κ1) is 24.1. The SMILES string of the molecule is Fc1ccc(COc2ccccc2/C=N\Nc2nc(Nc3ccccc3)nc(N3CCOCC3)n2)cc1. The molecule has 1 fully saturated rings. The van der Waals surface area contributed by atoms with Gasteiger partial charge in [-0.15, -0.1) is 0 Å². The summed E-state index contributed by atoms with van der Waals surface area (Å²) in [6.07, 6.45) is 1.64. The zero-order valence-corrected chi connectivity index (χ0v) is 20.0. The van der Waals surface area contributed by atoms with E-state index in [1.54, 1.807) is 18.3 Å². The summed E-state index contributed by atoms with van der Waals surface area (Å²) in [7, 11) is 0. The highest BCUT2D eigenvalue weighted by atomic mass is 19.1. The van der Waals surface area contributed by atoms with Gasteiger partial charge in [-0.2, -0.15) is 20.1 Å². The van der Waals surface area contributed by atoms with E-state index in [2.05, 4.69) is 35.7 Å². The summed E-state index contributed by atoms with van der Waals surface area (Å²) in [6.45, 7) is 2.92. The van der Waals surface area contributed by atoms with Crippen LogP contribution in [0.25, 0.3) is 0 Å². The lowest BCUT2D eigenvalue weighted by atomic mass is 10.2. The fourth-order valence-corrected chi connectivity index (χ4v) is 3.65. The molecule has 1 aromatic heterocycles. The highest BCUT2D eigenvalue weighted by molar-refractivity contribution is 5.83. The highest BCUT2D eigenvalue weighted by Crippen LogP contribution is 2.20. The molecule has 0 radical (unpaired) electrons. The van der Waals surface area contributed by atoms with Crippen LogP contribution in [0.1, 0.15) is 11.1 Å². The maximum atomic E-state index is 13.2. The highest BCUT2D eigenvalue weighted by Gasteiger charge is 2.16. The molecule has 3 aromatic carbocycles. The van der Waals surface area contributed by atoms with Gasteiger partial charge in [-0.25, -0.2) is 9.82 Å². The molecule has 0 aliphatic carbocycles. The second-order valence-corrected chi connectivity index (χ2v) is 8.20. The molecule has 1 saturated heterocycles. The molecule has 0 spiro atoms. The molecule has 188 valence electrons. The van der Waals surface area contributed by atoms with E-state index >= 15 is 0 Å². The molecule has 1 aliphatic heterocycles. The summed E-state index contributed by atoms with van der Waals surface area (Å²) in [5.74, 6) is 1.62. The Morgan fingerprint density at radius 3 is 2.43 bits per heavy atom. The molecule has 10 heteroatoms. The minimum atomic E-state index is -0.278. The minimum absolute atomic E-state index is 0.278. The number of halogens is 1. The van der Waals surface area contributed by atoms with E-state index in [9.17, 15) is 4.39 Å². The van der Waals surface area contributed by atoms with Crippen molar-refractivity contribution >= 4 is 29.7 Å². The summed E-state index contributed by atoms with van der Waals surface area (Å²) in [5, 5.41) is 7.57. The zero-order chi connectivity index (χ0) is 25.3. The van der Waals surface area contributed by atoms with Crippen LogP contribution in [-0.2, 0) is 11.3 Å². The smallest absolute Gasteiger partial charge is 0.250 e. The molecule has 0 atom stereocenters. The Morgan fingerprint density at radius 1 is 0.892 bits per heavy atom. The monoisotopic (exact) mass is 499 g/mol. The van der Waals surface area contributed by atoms with Gasteiger partial charge in [0.2, 0.25) is 17.8 Å². The number of anilines is 4. The molecule has 0 bridgehead atoms. The number of nitrogens with zero attached hydrogens (tertiary/aromatic N) is 5. The van der Waals surface area contributed by atoms with Gasteiger partial charge in [0.15, 0.2) is 0 Å². The third kappa shape index (κ3) is 6.77. The van der Waals surface area contributed by atoms with Crippen molar-refractivity contribution in [3.05, 3.63) is 95.8 Å². The molecular weight excluding hydrogens is 473 g/mol. The largest absolute Gasteiger partial charge is 0.488 e. The summed E-state index contributed by atoms with van der Waals surface area (Å²) in [6, 6.07) is 23.4. The van der Waals surface area contributed by atoms with Gasteiger partial charge in [0.05, 0.1) is 19.4 Å². The van der Waals surface area contributed by atoms with Crippen molar-refractivity contribution in [3.8, 4) is 5.75 Å². The van der Waals surface area contributed by atoms with E-state index in [-0.39, 0.29) is 5.82 Å². The predicted octanol–water partition coefficient (Wildman–Crippen LogP) is 4.62. The fourth-order valence-electron chi connectivity index (χ4n) is 3.65. The van der Waals surface area contributed by atoms with Crippen LogP contribution in [0.4, 0.5) is 27.9 Å². The van der Waals surface area contributed by atoms with Crippen molar-refractivity contribution in [2.75, 3.05) is 41.9 Å². The lowest BCUT2D eigenvalue weighted by molar-refractivity contribution is 0.122. The molecule has 37 heavy (non-hydrogen) atoms. The second-order valence-electron chi connectivity index (χ2n) is 8.20. The van der Waals surface area contributed by atoms with E-state index in [0.717, 1.165) is 16.8 Å². The molecule has 0 saturated carbocycles. The Hall–Kier alpha value is -4.57. The molecule has 0 unspecified atom stereocenters. The van der Waals surface area contributed by atoms with Gasteiger partial charge in [0.25, 0.3) is 0 Å². The number of para-hydroxylation sites is 2. The van der Waals surface area contributed by atoms with Crippen LogP contribution in [-0.4, -0.2) is 47.5 Å². The van der Waals surface area contributed by atoms with Crippen molar-refractivity contribution in [3.63, 3.8) is 0 Å². The minimum Gasteiger partial charge on any atom is -0.488 e. The van der Waals surface area contributed by atoms with Gasteiger partial charge in [-0.05, 0) is 42.0 Å². The van der Waals surface area contributed by atoms with Crippen molar-refractivity contribution < 1.29 is 13.9 Å². The van der Waals surface area contributed by atoms with E-state index in [1.807, 2.05) is 54.6 Å². The summed E-state index contributed by atoms with van der Waals surface area (Å²) >= 11 is 0. The van der Waals surface area contributed by atoms with Crippen LogP contribution < -0.4 is 20.4 Å². The first-order chi connectivity index (χ1) is 18.2. The fraction of sp³-hybridized carbons (Fsp3) is 0.185. The molecule has 5 rings (SSSR count). The number of aromatic nitrogens is 3. The van der Waals surface area contributed by atoms with Crippen LogP contribution in [0.15, 0.2) is 84.0 Å². The Bertz CT molecular complexity index is 1330. The van der Waals surface area contributed by atoms with Gasteiger partial charge < -0.3 is 19.7 Å². The maximum Gasteiger partial charge on any atom is 0.250 e. The average molecular weight is 500 g/mol. The summed E-state index contributed by atoms with van der Waals surface area (Å²) in [5.41, 5.74) is 5.41. The molecule has 2 heterocycles. The molecule has 0 amide bonds. The number of hydrogen-bond donors (Lipinski definition) is 2. The number of hydrogen-bond acceptors (Lipinski definition) is 9. The Balaban J connectivity index is 1.31. The van der Waals surface area contributed by atoms with Crippen molar-refractivity contribution in [2.45, 2.75) is 6.61 Å². The number of benzene rings is 3. The van der Waals surface area contributed by atoms with Gasteiger partial charge in [0.1, 0.15) is 18.2 Å². The van der Waals surface area contributed by atoms with E-state index in [4.69, 9.17) is 9.47 Å². The lowest BCUT2D eigenvalue weighted by Gasteiger charge is -2.27. The number of nitrogens with one attached hydrogen (secondary N) is 2. The number of morpholine rings is 1. The molecule has 9 nitrogen and oxygen atoms in total. The first-order valence-electron chi connectivity index (χ1n) is 11.9. The number of ether oxygens (including phenoxy) is 2. The normalized spacial score (nSPS) is 13.5. The number of hydrazone groups is 1. The summed E-state index contributed by atoms with van der Waals surface area (Å²) < 4.78 is 24.6. The first-order valence-corrected chi connectivity index (χ1v) is 11.9. The quantitative estimate of drug-likeness (QED) is 0.255. The number of rotatable bonds is 9. The van der Waals surface area contributed by atoms with E-state index < -0.39 is 0 Å². The van der Waals surface area contributed by atoms with Crippen LogP contribution in [0.2, 0.25) is 0 Å². The third-order valence-electron chi connectivity index (χ3n) is 5.54. The predicted molar refractivity (Wildman–Crippen MR) is 141 cm³/mol. The molecule has 2 N–H and O–H groups in total. The van der Waals surface area contributed by atoms with Gasteiger partial charge >= 0.3 is 0 Å². The zero-order valence-electron chi connectivity index (χ0n) is 20.0. The Labute approximate surface area is 214 Å². The van der Waals surface area contributed by atoms with Gasteiger partial charge in [-0.1, -0.05) is 42.5 Å². The van der Waals surface area contributed by atoms with Crippen LogP contribution in [0.5, 0.6) is 5.75 Å². The van der Waals surface area contributed by atoms with Crippen molar-refractivity contribution in [1.29, 1.82) is 0 Å². The van der Waals surface area contributed by atoms with Crippen LogP contribution >= 0.6 is 0 Å². The average Bonchev–Trinajstić information content (AvgIpc) is 2.94. The molecule has 1 aliphatic rings.